The van der Waals surface area contributed by atoms with E-state index in [1.807, 2.05) is 0 Å². The first kappa shape index (κ1) is 14.9. The number of hydrogen-bond acceptors (Lipinski definition) is 2. The van der Waals surface area contributed by atoms with E-state index in [9.17, 15) is 14.3 Å². The first-order valence-corrected chi connectivity index (χ1v) is 8.93. The number of alkyl halides is 1. The van der Waals surface area contributed by atoms with Gasteiger partial charge in [0.15, 0.2) is 12.0 Å². The van der Waals surface area contributed by atoms with Crippen LogP contribution >= 0.6 is 0 Å². The number of carbonyl (C=O) groups excluding carboxylic acids is 1. The van der Waals surface area contributed by atoms with Crippen molar-refractivity contribution >= 4 is 5.78 Å². The average Bonchev–Trinajstić information content (AvgIpc) is 2.77. The lowest BCUT2D eigenvalue weighted by Crippen LogP contribution is -2.52. The Labute approximate surface area is 132 Å². The predicted octanol–water partition coefficient (Wildman–Crippen LogP) is 3.83. The van der Waals surface area contributed by atoms with Crippen LogP contribution < -0.4 is 0 Å². The molecule has 2 nitrogen and oxygen atoms in total. The summed E-state index contributed by atoms with van der Waals surface area (Å²) in [6.45, 7) is 4.46. The SMILES string of the molecule is C[C@]12CC(F)C(=O)C=C1CC[C@@H]1[C@@H]2CC[C@]2(C)C(O)CC[C@@H]12. The lowest BCUT2D eigenvalue weighted by atomic mass is 9.47. The Morgan fingerprint density at radius 1 is 1.18 bits per heavy atom. The molecule has 4 aliphatic rings. The Hall–Kier alpha value is -0.700. The summed E-state index contributed by atoms with van der Waals surface area (Å²) in [6.07, 6.45) is 6.76. The molecule has 3 saturated carbocycles. The van der Waals surface area contributed by atoms with Crippen molar-refractivity contribution in [2.75, 3.05) is 0 Å². The number of allylic oxidation sites excluding steroid dienone is 1. The molecule has 2 unspecified atom stereocenters. The van der Waals surface area contributed by atoms with Crippen molar-refractivity contribution in [1.82, 2.24) is 0 Å². The molecule has 0 aromatic heterocycles. The number of halogens is 1. The lowest BCUT2D eigenvalue weighted by molar-refractivity contribution is -0.124. The van der Waals surface area contributed by atoms with Gasteiger partial charge in [0.1, 0.15) is 0 Å². The fourth-order valence-corrected chi connectivity index (χ4v) is 6.55. The zero-order valence-electron chi connectivity index (χ0n) is 13.6. The summed E-state index contributed by atoms with van der Waals surface area (Å²) in [5.74, 6) is 1.35. The van der Waals surface area contributed by atoms with Gasteiger partial charge in [0, 0.05) is 0 Å². The number of aliphatic hydroxyl groups excluding tert-OH is 1. The van der Waals surface area contributed by atoms with Crippen molar-refractivity contribution < 1.29 is 14.3 Å². The molecule has 0 radical (unpaired) electrons. The van der Waals surface area contributed by atoms with E-state index in [-0.39, 0.29) is 22.7 Å². The van der Waals surface area contributed by atoms with Gasteiger partial charge in [-0.1, -0.05) is 19.4 Å². The van der Waals surface area contributed by atoms with Gasteiger partial charge in [-0.3, -0.25) is 4.79 Å². The fraction of sp³-hybridized carbons (Fsp3) is 0.842. The highest BCUT2D eigenvalue weighted by molar-refractivity contribution is 5.95. The maximum Gasteiger partial charge on any atom is 0.189 e. The molecule has 4 aliphatic carbocycles. The number of rotatable bonds is 0. The van der Waals surface area contributed by atoms with Crippen LogP contribution in [-0.2, 0) is 4.79 Å². The maximum atomic E-state index is 14.1. The largest absolute Gasteiger partial charge is 0.393 e. The van der Waals surface area contributed by atoms with Crippen LogP contribution in [0.15, 0.2) is 11.6 Å². The van der Waals surface area contributed by atoms with Crippen molar-refractivity contribution in [3.05, 3.63) is 11.6 Å². The smallest absolute Gasteiger partial charge is 0.189 e. The highest BCUT2D eigenvalue weighted by atomic mass is 19.1. The summed E-state index contributed by atoms with van der Waals surface area (Å²) in [6, 6.07) is 0. The third kappa shape index (κ3) is 1.78. The first-order valence-electron chi connectivity index (χ1n) is 8.93. The normalized spacial score (nSPS) is 54.3. The average molecular weight is 306 g/mol. The van der Waals surface area contributed by atoms with E-state index in [1.165, 1.54) is 5.57 Å². The topological polar surface area (TPSA) is 37.3 Å². The first-order chi connectivity index (χ1) is 10.4. The maximum absolute atomic E-state index is 14.1. The zero-order valence-corrected chi connectivity index (χ0v) is 13.6. The Balaban J connectivity index is 1.70. The van der Waals surface area contributed by atoms with Crippen molar-refractivity contribution in [3.8, 4) is 0 Å². The molecule has 0 saturated heterocycles. The summed E-state index contributed by atoms with van der Waals surface area (Å²) in [5, 5.41) is 10.4. The Bertz CT molecular complexity index is 542. The van der Waals surface area contributed by atoms with Gasteiger partial charge < -0.3 is 5.11 Å². The van der Waals surface area contributed by atoms with Crippen molar-refractivity contribution in [3.63, 3.8) is 0 Å². The van der Waals surface area contributed by atoms with E-state index in [0.29, 0.717) is 24.2 Å². The van der Waals surface area contributed by atoms with Crippen LogP contribution in [0.25, 0.3) is 0 Å². The van der Waals surface area contributed by atoms with Crippen LogP contribution in [0.2, 0.25) is 0 Å². The third-order valence-corrected chi connectivity index (χ3v) is 7.91. The minimum absolute atomic E-state index is 0.0678. The Morgan fingerprint density at radius 2 is 1.95 bits per heavy atom. The van der Waals surface area contributed by atoms with E-state index in [2.05, 4.69) is 13.8 Å². The van der Waals surface area contributed by atoms with Gasteiger partial charge in [0.05, 0.1) is 6.10 Å². The van der Waals surface area contributed by atoms with E-state index in [0.717, 1.165) is 38.5 Å². The van der Waals surface area contributed by atoms with Crippen molar-refractivity contribution in [2.45, 2.75) is 71.1 Å². The number of aliphatic hydroxyl groups is 1. The highest BCUT2D eigenvalue weighted by Crippen LogP contribution is 2.65. The van der Waals surface area contributed by atoms with Gasteiger partial charge in [0.25, 0.3) is 0 Å². The standard InChI is InChI=1S/C19H27FO2/c1-18-8-7-14-12(13(18)5-6-17(18)22)4-3-11-9-16(21)15(20)10-19(11,14)2/h9,12-15,17,22H,3-8,10H2,1-2H3/t12-,13-,14-,15?,17?,18-,19-/m0/s1. The molecule has 3 heteroatoms. The lowest BCUT2D eigenvalue weighted by Gasteiger charge is -2.57. The molecule has 22 heavy (non-hydrogen) atoms. The van der Waals surface area contributed by atoms with E-state index >= 15 is 0 Å². The molecular formula is C19H27FO2. The summed E-state index contributed by atoms with van der Waals surface area (Å²) in [4.78, 5) is 11.7. The second kappa shape index (κ2) is 4.66. The van der Waals surface area contributed by atoms with Gasteiger partial charge in [-0.15, -0.1) is 0 Å². The molecule has 0 heterocycles. The number of ketones is 1. The van der Waals surface area contributed by atoms with Crippen molar-refractivity contribution in [2.24, 2.45) is 28.6 Å². The molecule has 0 amide bonds. The van der Waals surface area contributed by atoms with Gasteiger partial charge >= 0.3 is 0 Å². The van der Waals surface area contributed by atoms with Gasteiger partial charge in [0.2, 0.25) is 0 Å². The molecule has 0 bridgehead atoms. The second-order valence-corrected chi connectivity index (χ2v) is 8.71. The number of carbonyl (C=O) groups is 1. The molecule has 0 aliphatic heterocycles. The number of fused-ring (bicyclic) bond motifs is 5. The molecule has 3 fully saturated rings. The van der Waals surface area contributed by atoms with Crippen LogP contribution in [0.1, 0.15) is 58.8 Å². The Morgan fingerprint density at radius 3 is 2.73 bits per heavy atom. The van der Waals surface area contributed by atoms with E-state index in [1.54, 1.807) is 6.08 Å². The van der Waals surface area contributed by atoms with Gasteiger partial charge in [-0.2, -0.15) is 0 Å². The fourth-order valence-electron chi connectivity index (χ4n) is 6.55. The van der Waals surface area contributed by atoms with Crippen LogP contribution in [0.3, 0.4) is 0 Å². The van der Waals surface area contributed by atoms with Crippen molar-refractivity contribution in [1.29, 1.82) is 0 Å². The predicted molar refractivity (Wildman–Crippen MR) is 83.0 cm³/mol. The van der Waals surface area contributed by atoms with E-state index < -0.39 is 6.17 Å². The Kier molecular flexibility index (Phi) is 3.15. The van der Waals surface area contributed by atoms with Crippen LogP contribution in [0.5, 0.6) is 0 Å². The van der Waals surface area contributed by atoms with E-state index in [4.69, 9.17) is 0 Å². The minimum Gasteiger partial charge on any atom is -0.393 e. The molecule has 0 spiro atoms. The molecule has 122 valence electrons. The summed E-state index contributed by atoms with van der Waals surface area (Å²) in [5.41, 5.74) is 1.14. The van der Waals surface area contributed by atoms with Gasteiger partial charge in [-0.05, 0) is 79.6 Å². The summed E-state index contributed by atoms with van der Waals surface area (Å²) in [7, 11) is 0. The summed E-state index contributed by atoms with van der Waals surface area (Å²) < 4.78 is 14.1. The molecule has 0 aromatic rings. The monoisotopic (exact) mass is 306 g/mol. The summed E-state index contributed by atoms with van der Waals surface area (Å²) >= 11 is 0. The third-order valence-electron chi connectivity index (χ3n) is 7.91. The molecule has 4 rings (SSSR count). The molecule has 0 aromatic carbocycles. The highest BCUT2D eigenvalue weighted by Gasteiger charge is 2.59. The molecule has 1 N–H and O–H groups in total. The molecule has 7 atom stereocenters. The van der Waals surface area contributed by atoms with Crippen LogP contribution in [0.4, 0.5) is 4.39 Å². The quantitative estimate of drug-likeness (QED) is 0.738. The number of hydrogen-bond donors (Lipinski definition) is 1. The van der Waals surface area contributed by atoms with Crippen LogP contribution in [0, 0.1) is 28.6 Å². The zero-order chi connectivity index (χ0) is 15.7. The molecular weight excluding hydrogens is 279 g/mol. The minimum atomic E-state index is -1.31. The van der Waals surface area contributed by atoms with Gasteiger partial charge in [-0.25, -0.2) is 4.39 Å². The second-order valence-electron chi connectivity index (χ2n) is 8.71. The van der Waals surface area contributed by atoms with Crippen LogP contribution in [-0.4, -0.2) is 23.2 Å².